The molecule has 0 saturated carbocycles. The Kier molecular flexibility index (Phi) is 7.61. The highest BCUT2D eigenvalue weighted by Crippen LogP contribution is 2.30. The monoisotopic (exact) mass is 512 g/mol. The SMILES string of the molecule is CCc1cc(Br)cc(CC)c1NC(=O)C1CCCN(S(=O)(=O)c2ccc(Cl)cc2)C1. The average molecular weight is 514 g/mol. The van der Waals surface area contributed by atoms with E-state index in [0.717, 1.165) is 34.1 Å². The van der Waals surface area contributed by atoms with Gasteiger partial charge in [0.1, 0.15) is 0 Å². The van der Waals surface area contributed by atoms with Crippen molar-refractivity contribution in [2.45, 2.75) is 44.4 Å². The second-order valence-electron chi connectivity index (χ2n) is 7.45. The van der Waals surface area contributed by atoms with Gasteiger partial charge in [-0.2, -0.15) is 4.31 Å². The molecule has 0 radical (unpaired) electrons. The van der Waals surface area contributed by atoms with Gasteiger partial charge in [0.15, 0.2) is 0 Å². The lowest BCUT2D eigenvalue weighted by Gasteiger charge is -2.31. The first kappa shape index (κ1) is 23.3. The number of nitrogens with zero attached hydrogens (tertiary/aromatic N) is 1. The molecule has 30 heavy (non-hydrogen) atoms. The molecule has 8 heteroatoms. The Morgan fingerprint density at radius 1 is 1.17 bits per heavy atom. The van der Waals surface area contributed by atoms with Crippen molar-refractivity contribution in [2.24, 2.45) is 5.92 Å². The fraction of sp³-hybridized carbons (Fsp3) is 0.409. The number of sulfonamides is 1. The van der Waals surface area contributed by atoms with Gasteiger partial charge in [0.05, 0.1) is 10.8 Å². The molecule has 0 spiro atoms. The number of rotatable bonds is 6. The van der Waals surface area contributed by atoms with Gasteiger partial charge in [-0.25, -0.2) is 8.42 Å². The van der Waals surface area contributed by atoms with Crippen molar-refractivity contribution in [3.05, 3.63) is 57.0 Å². The van der Waals surface area contributed by atoms with E-state index in [2.05, 4.69) is 35.1 Å². The topological polar surface area (TPSA) is 66.5 Å². The number of halogens is 2. The summed E-state index contributed by atoms with van der Waals surface area (Å²) in [4.78, 5) is 13.3. The van der Waals surface area contributed by atoms with E-state index in [1.165, 1.54) is 16.4 Å². The molecule has 1 saturated heterocycles. The van der Waals surface area contributed by atoms with Crippen LogP contribution in [0.2, 0.25) is 5.02 Å². The Hall–Kier alpha value is -1.41. The van der Waals surface area contributed by atoms with Crippen LogP contribution < -0.4 is 5.32 Å². The molecule has 1 amide bonds. The zero-order valence-corrected chi connectivity index (χ0v) is 20.3. The second kappa shape index (κ2) is 9.81. The van der Waals surface area contributed by atoms with Crippen molar-refractivity contribution in [2.75, 3.05) is 18.4 Å². The summed E-state index contributed by atoms with van der Waals surface area (Å²) in [6.07, 6.45) is 2.90. The molecule has 1 aliphatic heterocycles. The molecule has 3 rings (SSSR count). The quantitative estimate of drug-likeness (QED) is 0.572. The lowest BCUT2D eigenvalue weighted by molar-refractivity contribution is -0.120. The molecule has 0 aliphatic carbocycles. The third-order valence-corrected chi connectivity index (χ3v) is 8.07. The average Bonchev–Trinajstić information content (AvgIpc) is 2.74. The summed E-state index contributed by atoms with van der Waals surface area (Å²) in [7, 11) is -3.66. The zero-order valence-electron chi connectivity index (χ0n) is 17.1. The Balaban J connectivity index is 1.79. The van der Waals surface area contributed by atoms with E-state index in [1.807, 2.05) is 12.1 Å². The van der Waals surface area contributed by atoms with Crippen LogP contribution in [0.3, 0.4) is 0 Å². The van der Waals surface area contributed by atoms with Gasteiger partial charge in [0.25, 0.3) is 0 Å². The van der Waals surface area contributed by atoms with Crippen LogP contribution in [0.5, 0.6) is 0 Å². The smallest absolute Gasteiger partial charge is 0.243 e. The van der Waals surface area contributed by atoms with E-state index >= 15 is 0 Å². The van der Waals surface area contributed by atoms with E-state index < -0.39 is 10.0 Å². The predicted molar refractivity (Wildman–Crippen MR) is 124 cm³/mol. The van der Waals surface area contributed by atoms with Crippen LogP contribution in [0.1, 0.15) is 37.8 Å². The van der Waals surface area contributed by atoms with Crippen LogP contribution in [0.4, 0.5) is 5.69 Å². The highest BCUT2D eigenvalue weighted by Gasteiger charge is 2.33. The van der Waals surface area contributed by atoms with Gasteiger partial charge in [-0.1, -0.05) is 41.4 Å². The standard InChI is InChI=1S/C22H26BrClN2O3S/c1-3-15-12-18(23)13-16(4-2)21(15)25-22(27)17-6-5-11-26(14-17)30(28,29)20-9-7-19(24)8-10-20/h7-10,12-13,17H,3-6,11,14H2,1-2H3,(H,25,27). The highest BCUT2D eigenvalue weighted by atomic mass is 79.9. The van der Waals surface area contributed by atoms with Crippen LogP contribution in [-0.2, 0) is 27.7 Å². The van der Waals surface area contributed by atoms with Crippen LogP contribution >= 0.6 is 27.5 Å². The molecule has 1 aliphatic rings. The number of hydrogen-bond donors (Lipinski definition) is 1. The maximum atomic E-state index is 13.1. The third-order valence-electron chi connectivity index (χ3n) is 5.48. The maximum Gasteiger partial charge on any atom is 0.243 e. The van der Waals surface area contributed by atoms with E-state index in [0.29, 0.717) is 24.4 Å². The van der Waals surface area contributed by atoms with Crippen molar-refractivity contribution >= 4 is 49.1 Å². The van der Waals surface area contributed by atoms with E-state index in [4.69, 9.17) is 11.6 Å². The first-order valence-electron chi connectivity index (χ1n) is 10.1. The highest BCUT2D eigenvalue weighted by molar-refractivity contribution is 9.10. The second-order valence-corrected chi connectivity index (χ2v) is 10.7. The van der Waals surface area contributed by atoms with Gasteiger partial charge >= 0.3 is 0 Å². The summed E-state index contributed by atoms with van der Waals surface area (Å²) >= 11 is 9.42. The van der Waals surface area contributed by atoms with Gasteiger partial charge < -0.3 is 5.32 Å². The van der Waals surface area contributed by atoms with Crippen molar-refractivity contribution in [3.63, 3.8) is 0 Å². The van der Waals surface area contributed by atoms with Crippen molar-refractivity contribution in [3.8, 4) is 0 Å². The molecular formula is C22H26BrClN2O3S. The van der Waals surface area contributed by atoms with E-state index in [9.17, 15) is 13.2 Å². The summed E-state index contributed by atoms with van der Waals surface area (Å²) in [5.74, 6) is -0.517. The van der Waals surface area contributed by atoms with Crippen molar-refractivity contribution in [1.82, 2.24) is 4.31 Å². The number of anilines is 1. The Morgan fingerprint density at radius 2 is 1.77 bits per heavy atom. The van der Waals surface area contributed by atoms with Gasteiger partial charge in [0.2, 0.25) is 15.9 Å². The Morgan fingerprint density at radius 3 is 2.33 bits per heavy atom. The number of hydrogen-bond acceptors (Lipinski definition) is 3. The molecule has 1 unspecified atom stereocenters. The molecule has 5 nitrogen and oxygen atoms in total. The van der Waals surface area contributed by atoms with Gasteiger partial charge in [-0.3, -0.25) is 4.79 Å². The van der Waals surface area contributed by atoms with Crippen molar-refractivity contribution < 1.29 is 13.2 Å². The van der Waals surface area contributed by atoms with Crippen LogP contribution in [0.25, 0.3) is 0 Å². The summed E-state index contributed by atoms with van der Waals surface area (Å²) in [6.45, 7) is 4.69. The first-order chi connectivity index (χ1) is 14.3. The molecule has 1 fully saturated rings. The van der Waals surface area contributed by atoms with Gasteiger partial charge in [0, 0.05) is 28.3 Å². The van der Waals surface area contributed by atoms with E-state index in [-0.39, 0.29) is 23.3 Å². The minimum atomic E-state index is -3.66. The van der Waals surface area contributed by atoms with Crippen LogP contribution in [0, 0.1) is 5.92 Å². The van der Waals surface area contributed by atoms with Gasteiger partial charge in [-0.15, -0.1) is 0 Å². The van der Waals surface area contributed by atoms with Crippen molar-refractivity contribution in [1.29, 1.82) is 0 Å². The lowest BCUT2D eigenvalue weighted by atomic mass is 9.97. The Labute approximate surface area is 192 Å². The number of amides is 1. The predicted octanol–water partition coefficient (Wildman–Crippen LogP) is 5.27. The normalized spacial score (nSPS) is 17.7. The van der Waals surface area contributed by atoms with E-state index in [1.54, 1.807) is 12.1 Å². The number of benzene rings is 2. The summed E-state index contributed by atoms with van der Waals surface area (Å²) in [5.41, 5.74) is 2.98. The number of carbonyl (C=O) groups is 1. The third kappa shape index (κ3) is 5.07. The minimum absolute atomic E-state index is 0.127. The summed E-state index contributed by atoms with van der Waals surface area (Å²) in [6, 6.07) is 10.2. The molecule has 1 atom stereocenters. The lowest BCUT2D eigenvalue weighted by Crippen LogP contribution is -2.43. The Bertz CT molecular complexity index is 1000. The number of piperidine rings is 1. The summed E-state index contributed by atoms with van der Waals surface area (Å²) in [5, 5.41) is 3.58. The van der Waals surface area contributed by atoms with Crippen LogP contribution in [-0.4, -0.2) is 31.7 Å². The van der Waals surface area contributed by atoms with Crippen LogP contribution in [0.15, 0.2) is 45.8 Å². The first-order valence-corrected chi connectivity index (χ1v) is 12.7. The number of carbonyl (C=O) groups excluding carboxylic acids is 1. The number of nitrogens with one attached hydrogen (secondary N) is 1. The molecule has 1 N–H and O–H groups in total. The largest absolute Gasteiger partial charge is 0.325 e. The molecule has 162 valence electrons. The summed E-state index contributed by atoms with van der Waals surface area (Å²) < 4.78 is 28.4. The zero-order chi connectivity index (χ0) is 21.9. The fourth-order valence-electron chi connectivity index (χ4n) is 3.80. The molecule has 1 heterocycles. The molecular weight excluding hydrogens is 488 g/mol. The number of aryl methyl sites for hydroxylation is 2. The fourth-order valence-corrected chi connectivity index (χ4v) is 6.00. The van der Waals surface area contributed by atoms with Gasteiger partial charge in [-0.05, 0) is 73.2 Å². The molecule has 2 aromatic carbocycles. The minimum Gasteiger partial charge on any atom is -0.325 e. The molecule has 0 bridgehead atoms. The molecule has 2 aromatic rings. The molecule has 0 aromatic heterocycles. The maximum absolute atomic E-state index is 13.1.